The number of hydrogen-bond acceptors (Lipinski definition) is 1. The predicted molar refractivity (Wildman–Crippen MR) is 76.1 cm³/mol. The molecule has 0 aromatic carbocycles. The smallest absolute Gasteiger partial charge is 0.114 e. The Kier molecular flexibility index (Phi) is 3.13. The van der Waals surface area contributed by atoms with Crippen LogP contribution in [0.3, 0.4) is 0 Å². The quantitative estimate of drug-likeness (QED) is 0.726. The highest BCUT2D eigenvalue weighted by molar-refractivity contribution is 5.70. The zero-order valence-electron chi connectivity index (χ0n) is 11.1. The lowest BCUT2D eigenvalue weighted by Gasteiger charge is -2.21. The molecule has 2 rings (SSSR count). The summed E-state index contributed by atoms with van der Waals surface area (Å²) < 4.78 is 0. The van der Waals surface area contributed by atoms with E-state index in [1.807, 2.05) is 51.2 Å². The van der Waals surface area contributed by atoms with Gasteiger partial charge in [0.2, 0.25) is 0 Å². The fraction of sp³-hybridized carbons (Fsp3) is 0.235. The first-order chi connectivity index (χ1) is 8.52. The number of rotatable bonds is 2. The third kappa shape index (κ3) is 1.78. The Hall–Kier alpha value is -1.82. The van der Waals surface area contributed by atoms with Crippen LogP contribution in [0.1, 0.15) is 20.8 Å². The molecule has 1 N–H and O–H groups in total. The average Bonchev–Trinajstić information content (AvgIpc) is 2.45. The van der Waals surface area contributed by atoms with Crippen molar-refractivity contribution in [2.45, 2.75) is 26.4 Å². The summed E-state index contributed by atoms with van der Waals surface area (Å²) >= 11 is 0. The monoisotopic (exact) mass is 238 g/mol. The van der Waals surface area contributed by atoms with Gasteiger partial charge in [0, 0.05) is 11.1 Å². The van der Waals surface area contributed by atoms with Gasteiger partial charge in [-0.2, -0.15) is 0 Å². The van der Waals surface area contributed by atoms with Crippen LogP contribution in [-0.2, 0) is 0 Å². The third-order valence-corrected chi connectivity index (χ3v) is 3.36. The van der Waals surface area contributed by atoms with Gasteiger partial charge in [0.1, 0.15) is 5.60 Å². The topological polar surface area (TPSA) is 20.2 Å². The van der Waals surface area contributed by atoms with Gasteiger partial charge in [0.15, 0.2) is 0 Å². The van der Waals surface area contributed by atoms with E-state index in [1.165, 1.54) is 0 Å². The van der Waals surface area contributed by atoms with Crippen LogP contribution in [0.15, 0.2) is 76.6 Å². The maximum Gasteiger partial charge on any atom is 0.114 e. The van der Waals surface area contributed by atoms with Gasteiger partial charge in [-0.25, -0.2) is 0 Å². The summed E-state index contributed by atoms with van der Waals surface area (Å²) in [5.74, 6) is 0. The zero-order valence-corrected chi connectivity index (χ0v) is 11.1. The minimum atomic E-state index is -0.994. The van der Waals surface area contributed by atoms with Crippen molar-refractivity contribution in [3.8, 4) is 0 Å². The van der Waals surface area contributed by atoms with Crippen LogP contribution >= 0.6 is 0 Å². The van der Waals surface area contributed by atoms with Crippen LogP contribution in [0, 0.1) is 0 Å². The van der Waals surface area contributed by atoms with E-state index in [0.717, 1.165) is 27.9 Å². The van der Waals surface area contributed by atoms with Crippen molar-refractivity contribution in [2.24, 2.45) is 0 Å². The number of allylic oxidation sites excluding steroid dienone is 6. The SMILES string of the molecule is C=CC1=C(/C=C\C)C2=C=CC=C(C)C=C2C1(C)O. The van der Waals surface area contributed by atoms with E-state index in [2.05, 4.69) is 12.3 Å². The van der Waals surface area contributed by atoms with Crippen molar-refractivity contribution >= 4 is 0 Å². The number of fused-ring (bicyclic) bond motifs is 1. The molecule has 1 nitrogen and oxygen atoms in total. The van der Waals surface area contributed by atoms with Crippen LogP contribution < -0.4 is 0 Å². The van der Waals surface area contributed by atoms with Crippen molar-refractivity contribution in [3.05, 3.63) is 76.6 Å². The molecule has 2 aliphatic rings. The molecule has 0 saturated heterocycles. The highest BCUT2D eigenvalue weighted by Gasteiger charge is 2.40. The second-order valence-electron chi connectivity index (χ2n) is 4.76. The second kappa shape index (κ2) is 4.45. The first-order valence-corrected chi connectivity index (χ1v) is 6.11. The van der Waals surface area contributed by atoms with Crippen LogP contribution in [0.25, 0.3) is 0 Å². The molecule has 1 unspecified atom stereocenters. The van der Waals surface area contributed by atoms with E-state index < -0.39 is 5.60 Å². The van der Waals surface area contributed by atoms with Crippen molar-refractivity contribution in [1.82, 2.24) is 0 Å². The van der Waals surface area contributed by atoms with E-state index in [-0.39, 0.29) is 0 Å². The molecule has 0 spiro atoms. The molecule has 0 bridgehead atoms. The van der Waals surface area contributed by atoms with E-state index in [4.69, 9.17) is 0 Å². The molecule has 0 fully saturated rings. The Morgan fingerprint density at radius 1 is 1.44 bits per heavy atom. The average molecular weight is 238 g/mol. The van der Waals surface area contributed by atoms with E-state index in [0.29, 0.717) is 0 Å². The second-order valence-corrected chi connectivity index (χ2v) is 4.76. The molecular formula is C17H18O. The van der Waals surface area contributed by atoms with Gasteiger partial charge in [0.25, 0.3) is 0 Å². The summed E-state index contributed by atoms with van der Waals surface area (Å²) in [5.41, 5.74) is 7.08. The molecule has 92 valence electrons. The van der Waals surface area contributed by atoms with Crippen molar-refractivity contribution in [3.63, 3.8) is 0 Å². The van der Waals surface area contributed by atoms with Crippen LogP contribution in [-0.4, -0.2) is 10.7 Å². The molecule has 0 saturated carbocycles. The lowest BCUT2D eigenvalue weighted by Crippen LogP contribution is -2.25. The number of hydrogen-bond donors (Lipinski definition) is 1. The van der Waals surface area contributed by atoms with Crippen LogP contribution in [0.4, 0.5) is 0 Å². The summed E-state index contributed by atoms with van der Waals surface area (Å²) in [4.78, 5) is 0. The van der Waals surface area contributed by atoms with E-state index in [9.17, 15) is 5.11 Å². The van der Waals surface area contributed by atoms with Gasteiger partial charge in [-0.15, -0.1) is 5.73 Å². The molecule has 0 heterocycles. The summed E-state index contributed by atoms with van der Waals surface area (Å²) in [6.07, 6.45) is 11.6. The van der Waals surface area contributed by atoms with Gasteiger partial charge in [-0.05, 0) is 38.0 Å². The maximum atomic E-state index is 10.8. The summed E-state index contributed by atoms with van der Waals surface area (Å²) in [6.45, 7) is 9.62. The summed E-state index contributed by atoms with van der Waals surface area (Å²) in [5, 5.41) is 10.8. The summed E-state index contributed by atoms with van der Waals surface area (Å²) in [7, 11) is 0. The Labute approximate surface area is 109 Å². The fourth-order valence-corrected chi connectivity index (χ4v) is 2.48. The maximum absolute atomic E-state index is 10.8. The Morgan fingerprint density at radius 2 is 2.17 bits per heavy atom. The molecule has 18 heavy (non-hydrogen) atoms. The first-order valence-electron chi connectivity index (χ1n) is 6.11. The molecule has 0 aromatic heterocycles. The Bertz CT molecular complexity index is 583. The van der Waals surface area contributed by atoms with Gasteiger partial charge < -0.3 is 5.11 Å². The number of aliphatic hydroxyl groups is 1. The van der Waals surface area contributed by atoms with Crippen LogP contribution in [0.2, 0.25) is 0 Å². The molecule has 1 atom stereocenters. The third-order valence-electron chi connectivity index (χ3n) is 3.36. The Morgan fingerprint density at radius 3 is 2.78 bits per heavy atom. The first kappa shape index (κ1) is 12.6. The van der Waals surface area contributed by atoms with Crippen molar-refractivity contribution in [2.75, 3.05) is 0 Å². The van der Waals surface area contributed by atoms with Gasteiger partial charge in [-0.3, -0.25) is 0 Å². The normalized spacial score (nSPS) is 26.8. The lowest BCUT2D eigenvalue weighted by atomic mass is 9.91. The van der Waals surface area contributed by atoms with Crippen molar-refractivity contribution < 1.29 is 5.11 Å². The molecule has 1 heteroatoms. The minimum Gasteiger partial charge on any atom is -0.381 e. The Balaban J connectivity index is 2.77. The molecule has 0 radical (unpaired) electrons. The molecule has 0 aliphatic heterocycles. The highest BCUT2D eigenvalue weighted by atomic mass is 16.3. The van der Waals surface area contributed by atoms with Gasteiger partial charge >= 0.3 is 0 Å². The fourth-order valence-electron chi connectivity index (χ4n) is 2.48. The zero-order chi connectivity index (χ0) is 13.3. The molecule has 0 amide bonds. The predicted octanol–water partition coefficient (Wildman–Crippen LogP) is 3.78. The van der Waals surface area contributed by atoms with Crippen molar-refractivity contribution in [1.29, 1.82) is 0 Å². The van der Waals surface area contributed by atoms with E-state index >= 15 is 0 Å². The summed E-state index contributed by atoms with van der Waals surface area (Å²) in [6, 6.07) is 0. The molecule has 2 aliphatic carbocycles. The standard InChI is InChI=1S/C17H18O/c1-5-8-13-14-10-7-9-12(3)11-16(14)17(4,18)15(13)6-2/h5-9,11,18H,2H2,1,3-4H3/b8-5-. The van der Waals surface area contributed by atoms with Crippen LogP contribution in [0.5, 0.6) is 0 Å². The minimum absolute atomic E-state index is 0.845. The molecule has 0 aromatic rings. The molecular weight excluding hydrogens is 220 g/mol. The lowest BCUT2D eigenvalue weighted by molar-refractivity contribution is 0.149. The van der Waals surface area contributed by atoms with Gasteiger partial charge in [-0.1, -0.05) is 42.5 Å². The highest BCUT2D eigenvalue weighted by Crippen LogP contribution is 2.45. The van der Waals surface area contributed by atoms with Gasteiger partial charge in [0.05, 0.1) is 0 Å². The van der Waals surface area contributed by atoms with E-state index in [1.54, 1.807) is 6.08 Å². The largest absolute Gasteiger partial charge is 0.381 e.